The van der Waals surface area contributed by atoms with Gasteiger partial charge in [0, 0.05) is 37.1 Å². The van der Waals surface area contributed by atoms with E-state index in [0.29, 0.717) is 5.69 Å². The summed E-state index contributed by atoms with van der Waals surface area (Å²) in [7, 11) is 0. The predicted molar refractivity (Wildman–Crippen MR) is 90.6 cm³/mol. The van der Waals surface area contributed by atoms with Crippen molar-refractivity contribution in [3.63, 3.8) is 0 Å². The van der Waals surface area contributed by atoms with Crippen LogP contribution in [0.15, 0.2) is 30.6 Å². The van der Waals surface area contributed by atoms with Gasteiger partial charge in [-0.2, -0.15) is 5.10 Å². The molecule has 4 rings (SSSR count). The highest BCUT2D eigenvalue weighted by atomic mass is 16.2. The van der Waals surface area contributed by atoms with Crippen molar-refractivity contribution in [3.05, 3.63) is 47.7 Å². The molecule has 1 aliphatic rings. The van der Waals surface area contributed by atoms with Gasteiger partial charge in [0.1, 0.15) is 17.8 Å². The van der Waals surface area contributed by atoms with Crippen LogP contribution in [0.5, 0.6) is 0 Å². The lowest BCUT2D eigenvalue weighted by atomic mass is 10.1. The van der Waals surface area contributed by atoms with E-state index in [-0.39, 0.29) is 5.91 Å². The highest BCUT2D eigenvalue weighted by molar-refractivity contribution is 6.00. The van der Waals surface area contributed by atoms with Gasteiger partial charge in [0.25, 0.3) is 5.91 Å². The first-order chi connectivity index (χ1) is 11.7. The molecule has 1 amide bonds. The van der Waals surface area contributed by atoms with Crippen molar-refractivity contribution in [2.75, 3.05) is 26.2 Å². The van der Waals surface area contributed by atoms with E-state index in [2.05, 4.69) is 25.1 Å². The number of H-pyrrole nitrogens is 2. The van der Waals surface area contributed by atoms with E-state index in [4.69, 9.17) is 0 Å². The molecule has 1 fully saturated rings. The molecule has 0 saturated carbocycles. The first kappa shape index (κ1) is 14.9. The number of hydrogen-bond donors (Lipinski definition) is 2. The second-order valence-electron chi connectivity index (χ2n) is 6.17. The van der Waals surface area contributed by atoms with Crippen LogP contribution in [0.3, 0.4) is 0 Å². The molecule has 7 nitrogen and oxygen atoms in total. The molecule has 0 radical (unpaired) electrons. The monoisotopic (exact) mass is 324 g/mol. The van der Waals surface area contributed by atoms with Crippen molar-refractivity contribution < 1.29 is 4.79 Å². The van der Waals surface area contributed by atoms with E-state index in [1.807, 2.05) is 36.1 Å². The van der Waals surface area contributed by atoms with Gasteiger partial charge in [-0.3, -0.25) is 14.8 Å². The van der Waals surface area contributed by atoms with E-state index in [0.717, 1.165) is 55.0 Å². The fourth-order valence-corrected chi connectivity index (χ4v) is 3.28. The van der Waals surface area contributed by atoms with Crippen LogP contribution in [0.1, 0.15) is 21.9 Å². The Morgan fingerprint density at radius 2 is 2.00 bits per heavy atom. The van der Waals surface area contributed by atoms with Gasteiger partial charge in [-0.15, -0.1) is 0 Å². The van der Waals surface area contributed by atoms with Crippen LogP contribution in [0, 0.1) is 6.92 Å². The smallest absolute Gasteiger partial charge is 0.270 e. The Bertz CT molecular complexity index is 845. The molecule has 0 bridgehead atoms. The normalized spacial score (nSPS) is 16.0. The Morgan fingerprint density at radius 1 is 1.21 bits per heavy atom. The SMILES string of the molecule is Cc1c(C(=O)N2CCN(Cc3ncn[nH]3)CC2)[nH]c2ccccc12. The second-order valence-corrected chi connectivity index (χ2v) is 6.17. The van der Waals surface area contributed by atoms with Crippen molar-refractivity contribution in [1.29, 1.82) is 0 Å². The third kappa shape index (κ3) is 2.67. The van der Waals surface area contributed by atoms with Crippen molar-refractivity contribution in [3.8, 4) is 0 Å². The van der Waals surface area contributed by atoms with Gasteiger partial charge >= 0.3 is 0 Å². The fourth-order valence-electron chi connectivity index (χ4n) is 3.28. The Balaban J connectivity index is 1.45. The van der Waals surface area contributed by atoms with E-state index < -0.39 is 0 Å². The summed E-state index contributed by atoms with van der Waals surface area (Å²) in [6.45, 7) is 5.88. The van der Waals surface area contributed by atoms with Crippen LogP contribution in [0.25, 0.3) is 10.9 Å². The third-order valence-corrected chi connectivity index (χ3v) is 4.68. The van der Waals surface area contributed by atoms with E-state index in [9.17, 15) is 4.79 Å². The van der Waals surface area contributed by atoms with Gasteiger partial charge in [-0.1, -0.05) is 18.2 Å². The maximum atomic E-state index is 12.9. The number of piperazine rings is 1. The van der Waals surface area contributed by atoms with Crippen LogP contribution < -0.4 is 0 Å². The summed E-state index contributed by atoms with van der Waals surface area (Å²) in [6, 6.07) is 8.04. The van der Waals surface area contributed by atoms with Gasteiger partial charge < -0.3 is 9.88 Å². The van der Waals surface area contributed by atoms with Crippen molar-refractivity contribution in [2.45, 2.75) is 13.5 Å². The lowest BCUT2D eigenvalue weighted by Gasteiger charge is -2.34. The summed E-state index contributed by atoms with van der Waals surface area (Å²) < 4.78 is 0. The lowest BCUT2D eigenvalue weighted by Crippen LogP contribution is -2.48. The first-order valence-electron chi connectivity index (χ1n) is 8.15. The van der Waals surface area contributed by atoms with E-state index in [1.54, 1.807) is 0 Å². The highest BCUT2D eigenvalue weighted by Gasteiger charge is 2.25. The maximum Gasteiger partial charge on any atom is 0.270 e. The van der Waals surface area contributed by atoms with Gasteiger partial charge in [0.05, 0.1) is 6.54 Å². The first-order valence-corrected chi connectivity index (χ1v) is 8.15. The molecule has 0 atom stereocenters. The molecule has 2 N–H and O–H groups in total. The third-order valence-electron chi connectivity index (χ3n) is 4.68. The number of para-hydroxylation sites is 1. The molecule has 3 aromatic rings. The number of nitrogens with one attached hydrogen (secondary N) is 2. The predicted octanol–water partition coefficient (Wildman–Crippen LogP) is 1.55. The van der Waals surface area contributed by atoms with Crippen molar-refractivity contribution in [2.24, 2.45) is 0 Å². The zero-order valence-electron chi connectivity index (χ0n) is 13.6. The Labute approximate surface area is 139 Å². The molecule has 3 heterocycles. The van der Waals surface area contributed by atoms with Gasteiger partial charge in [0.2, 0.25) is 0 Å². The standard InChI is InChI=1S/C17H20N6O/c1-12-13-4-2-3-5-14(13)20-16(12)17(24)23-8-6-22(7-9-23)10-15-18-11-19-21-15/h2-5,11,20H,6-10H2,1H3,(H,18,19,21). The fraction of sp³-hybridized carbons (Fsp3) is 0.353. The Hall–Kier alpha value is -2.67. The quantitative estimate of drug-likeness (QED) is 0.766. The molecule has 7 heteroatoms. The second kappa shape index (κ2) is 6.09. The molecular formula is C17H20N6O. The number of aryl methyl sites for hydroxylation is 1. The van der Waals surface area contributed by atoms with Crippen LogP contribution >= 0.6 is 0 Å². The number of fused-ring (bicyclic) bond motifs is 1. The minimum atomic E-state index is 0.0861. The van der Waals surface area contributed by atoms with Gasteiger partial charge in [-0.05, 0) is 18.6 Å². The number of rotatable bonds is 3. The summed E-state index contributed by atoms with van der Waals surface area (Å²) >= 11 is 0. The topological polar surface area (TPSA) is 80.9 Å². The summed E-state index contributed by atoms with van der Waals surface area (Å²) in [5.74, 6) is 0.948. The van der Waals surface area contributed by atoms with Gasteiger partial charge in [0.15, 0.2) is 0 Å². The maximum absolute atomic E-state index is 12.9. The highest BCUT2D eigenvalue weighted by Crippen LogP contribution is 2.22. The van der Waals surface area contributed by atoms with Crippen LogP contribution in [0.2, 0.25) is 0 Å². The van der Waals surface area contributed by atoms with Crippen LogP contribution in [0.4, 0.5) is 0 Å². The average molecular weight is 324 g/mol. The van der Waals surface area contributed by atoms with Gasteiger partial charge in [-0.25, -0.2) is 4.98 Å². The van der Waals surface area contributed by atoms with Crippen molar-refractivity contribution >= 4 is 16.8 Å². The molecular weight excluding hydrogens is 304 g/mol. The molecule has 0 spiro atoms. The summed E-state index contributed by atoms with van der Waals surface area (Å²) in [6.07, 6.45) is 1.52. The molecule has 2 aromatic heterocycles. The number of aromatic nitrogens is 4. The molecule has 1 aliphatic heterocycles. The number of carbonyl (C=O) groups is 1. The molecule has 0 aliphatic carbocycles. The lowest BCUT2D eigenvalue weighted by molar-refractivity contribution is 0.0620. The van der Waals surface area contributed by atoms with Crippen molar-refractivity contribution in [1.82, 2.24) is 30.0 Å². The zero-order chi connectivity index (χ0) is 16.5. The molecule has 124 valence electrons. The molecule has 0 unspecified atom stereocenters. The number of amides is 1. The van der Waals surface area contributed by atoms with Crippen LogP contribution in [-0.4, -0.2) is 62.1 Å². The number of nitrogens with zero attached hydrogens (tertiary/aromatic N) is 4. The number of benzene rings is 1. The number of aromatic amines is 2. The number of carbonyl (C=O) groups excluding carboxylic acids is 1. The zero-order valence-corrected chi connectivity index (χ0v) is 13.6. The minimum Gasteiger partial charge on any atom is -0.350 e. The Kier molecular flexibility index (Phi) is 3.78. The molecule has 1 saturated heterocycles. The van der Waals surface area contributed by atoms with E-state index >= 15 is 0 Å². The van der Waals surface area contributed by atoms with E-state index in [1.165, 1.54) is 6.33 Å². The Morgan fingerprint density at radius 3 is 2.71 bits per heavy atom. The largest absolute Gasteiger partial charge is 0.350 e. The molecule has 24 heavy (non-hydrogen) atoms. The van der Waals surface area contributed by atoms with Crippen LogP contribution in [-0.2, 0) is 6.54 Å². The summed E-state index contributed by atoms with van der Waals surface area (Å²) in [5.41, 5.74) is 2.75. The summed E-state index contributed by atoms with van der Waals surface area (Å²) in [4.78, 5) is 24.5. The number of hydrogen-bond acceptors (Lipinski definition) is 4. The minimum absolute atomic E-state index is 0.0861. The average Bonchev–Trinajstić information content (AvgIpc) is 3.23. The summed E-state index contributed by atoms with van der Waals surface area (Å²) in [5, 5.41) is 7.86. The molecule has 1 aromatic carbocycles.